The Kier molecular flexibility index (Phi) is 8.01. The SMILES string of the molecule is C=CCc1cc(CC(=C)C(C)(C)SF)cc(CC(=C)C(C)(C)SF)c1. The van der Waals surface area contributed by atoms with E-state index in [2.05, 4.69) is 37.9 Å². The second-order valence-electron chi connectivity index (χ2n) is 7.39. The highest BCUT2D eigenvalue weighted by atomic mass is 32.2. The summed E-state index contributed by atoms with van der Waals surface area (Å²) in [5.41, 5.74) is 4.97. The molecular weight excluding hydrogens is 354 g/mol. The van der Waals surface area contributed by atoms with E-state index in [4.69, 9.17) is 0 Å². The largest absolute Gasteiger partial charge is 0.164 e. The van der Waals surface area contributed by atoms with Crippen molar-refractivity contribution in [3.8, 4) is 0 Å². The molecular formula is C21H28F2S2. The van der Waals surface area contributed by atoms with Crippen molar-refractivity contribution in [1.29, 1.82) is 0 Å². The second-order valence-corrected chi connectivity index (χ2v) is 9.74. The van der Waals surface area contributed by atoms with Crippen LogP contribution in [-0.2, 0) is 19.3 Å². The molecule has 0 fully saturated rings. The smallest absolute Gasteiger partial charge is 0.0627 e. The van der Waals surface area contributed by atoms with Gasteiger partial charge in [0.25, 0.3) is 0 Å². The molecule has 0 atom stereocenters. The van der Waals surface area contributed by atoms with Gasteiger partial charge >= 0.3 is 0 Å². The number of benzene rings is 1. The summed E-state index contributed by atoms with van der Waals surface area (Å²) in [5.74, 6) is 0. The Morgan fingerprint density at radius 2 is 1.24 bits per heavy atom. The molecule has 0 aliphatic carbocycles. The van der Waals surface area contributed by atoms with E-state index in [0.717, 1.165) is 34.3 Å². The molecule has 25 heavy (non-hydrogen) atoms. The van der Waals surface area contributed by atoms with Gasteiger partial charge in [0.1, 0.15) is 0 Å². The zero-order valence-electron chi connectivity index (χ0n) is 15.6. The minimum atomic E-state index is -0.620. The summed E-state index contributed by atoms with van der Waals surface area (Å²) in [5, 5.41) is 0. The molecule has 0 saturated carbocycles. The van der Waals surface area contributed by atoms with E-state index in [9.17, 15) is 7.77 Å². The minimum Gasteiger partial charge on any atom is -0.164 e. The predicted molar refractivity (Wildman–Crippen MR) is 112 cm³/mol. The van der Waals surface area contributed by atoms with Crippen molar-refractivity contribution in [3.05, 3.63) is 71.8 Å². The maximum Gasteiger partial charge on any atom is 0.0627 e. The Labute approximate surface area is 160 Å². The van der Waals surface area contributed by atoms with E-state index >= 15 is 0 Å². The van der Waals surface area contributed by atoms with Crippen molar-refractivity contribution in [2.75, 3.05) is 0 Å². The van der Waals surface area contributed by atoms with E-state index in [1.54, 1.807) is 0 Å². The van der Waals surface area contributed by atoms with Gasteiger partial charge in [0.15, 0.2) is 0 Å². The molecule has 0 aromatic heterocycles. The lowest BCUT2D eigenvalue weighted by Crippen LogP contribution is -2.18. The van der Waals surface area contributed by atoms with Crippen LogP contribution in [0, 0.1) is 0 Å². The molecule has 0 radical (unpaired) electrons. The van der Waals surface area contributed by atoms with Crippen LogP contribution in [0.2, 0.25) is 0 Å². The summed E-state index contributed by atoms with van der Waals surface area (Å²) in [6.07, 6.45) is 3.82. The molecule has 0 amide bonds. The Balaban J connectivity index is 3.11. The highest BCUT2D eigenvalue weighted by Crippen LogP contribution is 2.36. The quantitative estimate of drug-likeness (QED) is 0.386. The molecule has 0 spiro atoms. The van der Waals surface area contributed by atoms with Crippen molar-refractivity contribution >= 4 is 24.3 Å². The van der Waals surface area contributed by atoms with Crippen molar-refractivity contribution in [2.24, 2.45) is 0 Å². The molecule has 138 valence electrons. The Bertz CT molecular complexity index is 597. The number of halogens is 2. The summed E-state index contributed by atoms with van der Waals surface area (Å²) >= 11 is 0.632. The molecule has 0 N–H and O–H groups in total. The number of hydrogen-bond acceptors (Lipinski definition) is 2. The monoisotopic (exact) mass is 382 g/mol. The maximum atomic E-state index is 13.1. The van der Waals surface area contributed by atoms with E-state index in [1.807, 2.05) is 33.8 Å². The van der Waals surface area contributed by atoms with Gasteiger partial charge in [-0.1, -0.05) is 48.6 Å². The van der Waals surface area contributed by atoms with E-state index in [-0.39, 0.29) is 0 Å². The summed E-state index contributed by atoms with van der Waals surface area (Å²) in [4.78, 5) is 0. The molecule has 1 rings (SSSR count). The summed E-state index contributed by atoms with van der Waals surface area (Å²) in [7, 11) is 0. The first-order valence-electron chi connectivity index (χ1n) is 8.24. The average molecular weight is 383 g/mol. The molecule has 0 nitrogen and oxygen atoms in total. The Morgan fingerprint density at radius 3 is 1.56 bits per heavy atom. The molecule has 0 saturated heterocycles. The lowest BCUT2D eigenvalue weighted by atomic mass is 9.90. The first kappa shape index (κ1) is 22.0. The Morgan fingerprint density at radius 1 is 0.880 bits per heavy atom. The minimum absolute atomic E-state index is 0.316. The van der Waals surface area contributed by atoms with Crippen molar-refractivity contribution < 1.29 is 7.77 Å². The summed E-state index contributed by atoms with van der Waals surface area (Å²) in [6, 6.07) is 6.29. The van der Waals surface area contributed by atoms with Crippen molar-refractivity contribution in [1.82, 2.24) is 0 Å². The fourth-order valence-corrected chi connectivity index (χ4v) is 2.72. The topological polar surface area (TPSA) is 0 Å². The van der Waals surface area contributed by atoms with E-state index in [0.29, 0.717) is 37.1 Å². The molecule has 0 aliphatic rings. The fraction of sp³-hybridized carbons (Fsp3) is 0.429. The van der Waals surface area contributed by atoms with Crippen LogP contribution >= 0.6 is 24.3 Å². The third-order valence-electron chi connectivity index (χ3n) is 4.42. The van der Waals surface area contributed by atoms with Crippen molar-refractivity contribution in [3.63, 3.8) is 0 Å². The number of allylic oxidation sites excluding steroid dienone is 1. The van der Waals surface area contributed by atoms with Gasteiger partial charge in [0.2, 0.25) is 0 Å². The number of rotatable bonds is 10. The first-order chi connectivity index (χ1) is 11.6. The third kappa shape index (κ3) is 6.34. The number of hydrogen-bond donors (Lipinski definition) is 0. The highest BCUT2D eigenvalue weighted by molar-refractivity contribution is 7.96. The fourth-order valence-electron chi connectivity index (χ4n) is 2.36. The van der Waals surface area contributed by atoms with Crippen LogP contribution in [0.4, 0.5) is 7.77 Å². The van der Waals surface area contributed by atoms with Crippen LogP contribution in [0.15, 0.2) is 55.2 Å². The van der Waals surface area contributed by atoms with Crippen LogP contribution < -0.4 is 0 Å². The van der Waals surface area contributed by atoms with Gasteiger partial charge in [-0.3, -0.25) is 0 Å². The first-order valence-corrected chi connectivity index (χ1v) is 9.67. The van der Waals surface area contributed by atoms with Gasteiger partial charge < -0.3 is 0 Å². The van der Waals surface area contributed by atoms with Crippen LogP contribution in [0.1, 0.15) is 44.4 Å². The molecule has 0 bridgehead atoms. The van der Waals surface area contributed by atoms with Gasteiger partial charge in [-0.05, 0) is 63.6 Å². The molecule has 1 aromatic rings. The molecule has 0 heterocycles. The Hall–Kier alpha value is -1.000. The third-order valence-corrected chi connectivity index (χ3v) is 5.76. The lowest BCUT2D eigenvalue weighted by molar-refractivity contribution is 0.759. The highest BCUT2D eigenvalue weighted by Gasteiger charge is 2.25. The predicted octanol–water partition coefficient (Wildman–Crippen LogP) is 7.41. The van der Waals surface area contributed by atoms with Crippen LogP contribution in [0.3, 0.4) is 0 Å². The molecule has 0 aliphatic heterocycles. The molecule has 0 unspecified atom stereocenters. The normalized spacial score (nSPS) is 12.1. The van der Waals surface area contributed by atoms with Gasteiger partial charge in [-0.15, -0.1) is 6.58 Å². The second kappa shape index (κ2) is 9.09. The maximum absolute atomic E-state index is 13.1. The summed E-state index contributed by atoms with van der Waals surface area (Å²) in [6.45, 7) is 19.2. The van der Waals surface area contributed by atoms with Gasteiger partial charge in [-0.2, -0.15) is 7.77 Å². The van der Waals surface area contributed by atoms with Crippen molar-refractivity contribution in [2.45, 2.75) is 56.5 Å². The van der Waals surface area contributed by atoms with E-state index in [1.165, 1.54) is 0 Å². The standard InChI is InChI=1S/C21H28F2S2/c1-8-9-17-12-18(10-15(2)20(4,5)24-22)14-19(13-17)11-16(3)21(6,7)25-23/h8,12-14H,1-3,9-11H2,4-7H3. The molecule has 1 aromatic carbocycles. The zero-order valence-corrected chi connectivity index (χ0v) is 17.3. The van der Waals surface area contributed by atoms with Crippen LogP contribution in [-0.4, -0.2) is 9.49 Å². The lowest BCUT2D eigenvalue weighted by Gasteiger charge is -2.24. The van der Waals surface area contributed by atoms with E-state index < -0.39 is 9.49 Å². The molecule has 4 heteroatoms. The average Bonchev–Trinajstić information content (AvgIpc) is 2.54. The summed E-state index contributed by atoms with van der Waals surface area (Å²) < 4.78 is 25.0. The van der Waals surface area contributed by atoms with Crippen LogP contribution in [0.25, 0.3) is 0 Å². The van der Waals surface area contributed by atoms with Gasteiger partial charge in [0.05, 0.1) is 33.8 Å². The van der Waals surface area contributed by atoms with Gasteiger partial charge in [-0.25, -0.2) is 0 Å². The van der Waals surface area contributed by atoms with Crippen LogP contribution in [0.5, 0.6) is 0 Å². The zero-order chi connectivity index (χ0) is 19.3. The van der Waals surface area contributed by atoms with Gasteiger partial charge in [0, 0.05) is 0 Å².